The minimum absolute atomic E-state index is 0.0265. The molecule has 1 aromatic carbocycles. The van der Waals surface area contributed by atoms with Crippen LogP contribution in [-0.2, 0) is 29.3 Å². The number of allylic oxidation sites excluding steroid dienone is 2. The number of rotatable bonds is 9. The first-order chi connectivity index (χ1) is 25.8. The van der Waals surface area contributed by atoms with Crippen molar-refractivity contribution in [2.24, 2.45) is 11.3 Å². The van der Waals surface area contributed by atoms with Gasteiger partial charge in [0.25, 0.3) is 6.01 Å². The van der Waals surface area contributed by atoms with E-state index in [1.54, 1.807) is 39.8 Å². The summed E-state index contributed by atoms with van der Waals surface area (Å²) >= 11 is 0. The maximum absolute atomic E-state index is 14.6. The molecule has 1 saturated carbocycles. The molecule has 0 spiro atoms. The highest BCUT2D eigenvalue weighted by atomic mass is 32.2. The molecule has 0 bridgehead atoms. The number of hydrogen-bond acceptors (Lipinski definition) is 10. The molecule has 5 atom stereocenters. The summed E-state index contributed by atoms with van der Waals surface area (Å²) in [5.74, 6) is -2.13. The van der Waals surface area contributed by atoms with Crippen LogP contribution < -0.4 is 14.8 Å². The first-order valence-electron chi connectivity index (χ1n) is 19.2. The quantitative estimate of drug-likeness (QED) is 0.263. The second kappa shape index (κ2) is 16.4. The molecule has 0 unspecified atom stereocenters. The molecule has 0 radical (unpaired) electrons. The highest BCUT2D eigenvalue weighted by Gasteiger charge is 2.61. The molecule has 2 aromatic rings. The van der Waals surface area contributed by atoms with Gasteiger partial charge < -0.3 is 19.7 Å². The smallest absolute Gasteiger partial charge is 0.408 e. The Balaban J connectivity index is 1.52. The van der Waals surface area contributed by atoms with Crippen molar-refractivity contribution in [1.82, 2.24) is 28.8 Å². The van der Waals surface area contributed by atoms with Gasteiger partial charge in [0.15, 0.2) is 11.6 Å². The van der Waals surface area contributed by atoms with Crippen molar-refractivity contribution >= 4 is 50.7 Å². The fraction of sp³-hybridized carbons (Fsp3) is 0.641. The van der Waals surface area contributed by atoms with Crippen molar-refractivity contribution in [3.05, 3.63) is 35.9 Å². The number of alkyl carbamates (subject to hydrolysis) is 1. The zero-order valence-electron chi connectivity index (χ0n) is 33.2. The third-order valence-corrected chi connectivity index (χ3v) is 11.9. The minimum Gasteiger partial charge on any atom is -0.459 e. The van der Waals surface area contributed by atoms with Gasteiger partial charge in [0.2, 0.25) is 11.8 Å². The van der Waals surface area contributed by atoms with Gasteiger partial charge in [-0.1, -0.05) is 38.0 Å². The van der Waals surface area contributed by atoms with E-state index in [1.165, 1.54) is 19.0 Å². The number of hydrogen-bond donors (Lipinski definition) is 2. The molecule has 2 fully saturated rings. The molecule has 15 nitrogen and oxygen atoms in total. The van der Waals surface area contributed by atoms with Gasteiger partial charge in [0.05, 0.1) is 23.5 Å². The van der Waals surface area contributed by atoms with Gasteiger partial charge in [-0.25, -0.2) is 9.52 Å². The van der Waals surface area contributed by atoms with Gasteiger partial charge in [-0.3, -0.25) is 23.7 Å². The van der Waals surface area contributed by atoms with E-state index >= 15 is 0 Å². The lowest BCUT2D eigenvalue weighted by molar-refractivity contribution is -0.140. The van der Waals surface area contributed by atoms with Gasteiger partial charge in [0.1, 0.15) is 23.3 Å². The van der Waals surface area contributed by atoms with E-state index in [9.17, 15) is 32.4 Å². The van der Waals surface area contributed by atoms with Crippen molar-refractivity contribution in [1.29, 1.82) is 0 Å². The summed E-state index contributed by atoms with van der Waals surface area (Å²) in [6, 6.07) is 3.43. The van der Waals surface area contributed by atoms with Crippen molar-refractivity contribution < 1.29 is 41.9 Å². The summed E-state index contributed by atoms with van der Waals surface area (Å²) in [7, 11) is -1.54. The van der Waals surface area contributed by atoms with E-state index in [2.05, 4.69) is 10.0 Å². The average molecular weight is 785 g/mol. The Kier molecular flexibility index (Phi) is 12.5. The van der Waals surface area contributed by atoms with Crippen molar-refractivity contribution in [3.63, 3.8) is 0 Å². The van der Waals surface area contributed by atoms with Crippen LogP contribution in [0.4, 0.5) is 4.79 Å². The number of ether oxygens (including phenoxy) is 2. The second-order valence-electron chi connectivity index (χ2n) is 16.4. The second-order valence-corrected chi connectivity index (χ2v) is 18.3. The Morgan fingerprint density at radius 2 is 1.84 bits per heavy atom. The van der Waals surface area contributed by atoms with Crippen LogP contribution in [0.3, 0.4) is 0 Å². The number of carbonyl (C=O) groups excluding carboxylic acids is 5. The molecular weight excluding hydrogens is 729 g/mol. The van der Waals surface area contributed by atoms with Crippen LogP contribution in [0, 0.1) is 11.3 Å². The lowest BCUT2D eigenvalue weighted by Gasteiger charge is -2.30. The summed E-state index contributed by atoms with van der Waals surface area (Å²) < 4.78 is 42.5. The van der Waals surface area contributed by atoms with Crippen LogP contribution in [0.15, 0.2) is 30.4 Å². The predicted molar refractivity (Wildman–Crippen MR) is 206 cm³/mol. The number of Topliss-reactive ketones (excluding diaryl/α,β-unsaturated/α-hetero) is 2. The lowest BCUT2D eigenvalue weighted by Crippen LogP contribution is -2.53. The molecule has 2 N–H and O–H groups in total. The predicted octanol–water partition coefficient (Wildman–Crippen LogP) is 4.86. The third kappa shape index (κ3) is 9.39. The molecule has 3 heterocycles. The molecular formula is C39H56N6O9S. The van der Waals surface area contributed by atoms with E-state index in [0.717, 1.165) is 17.1 Å². The number of ketones is 2. The minimum atomic E-state index is -4.14. The molecule has 3 aliphatic rings. The van der Waals surface area contributed by atoms with Gasteiger partial charge in [-0.15, -0.1) is 0 Å². The average Bonchev–Trinajstić information content (AvgIpc) is 3.42. The Morgan fingerprint density at radius 1 is 1.11 bits per heavy atom. The Hall–Kier alpha value is -4.31. The number of fused-ring (bicyclic) bond motifs is 3. The molecule has 3 amide bonds. The summed E-state index contributed by atoms with van der Waals surface area (Å²) in [6.07, 6.45) is 5.81. The molecule has 1 aromatic heterocycles. The topological polar surface area (TPSA) is 186 Å². The van der Waals surface area contributed by atoms with E-state index in [-0.39, 0.29) is 49.6 Å². The number of amides is 3. The highest BCUT2D eigenvalue weighted by Crippen LogP contribution is 2.57. The molecule has 5 rings (SSSR count). The summed E-state index contributed by atoms with van der Waals surface area (Å²) in [4.78, 5) is 74.9. The molecule has 2 aliphatic heterocycles. The molecule has 1 saturated heterocycles. The normalized spacial score (nSPS) is 25.8. The molecule has 1 aliphatic carbocycles. The Bertz CT molecular complexity index is 1950. The van der Waals surface area contributed by atoms with Crippen LogP contribution in [0.1, 0.15) is 116 Å². The van der Waals surface area contributed by atoms with Crippen molar-refractivity contribution in [3.8, 4) is 6.01 Å². The lowest BCUT2D eigenvalue weighted by atomic mass is 9.91. The first kappa shape index (κ1) is 41.8. The Morgan fingerprint density at radius 3 is 2.49 bits per heavy atom. The van der Waals surface area contributed by atoms with Gasteiger partial charge in [-0.2, -0.15) is 17.7 Å². The number of carbonyl (C=O) groups is 5. The van der Waals surface area contributed by atoms with Gasteiger partial charge in [0, 0.05) is 45.0 Å². The van der Waals surface area contributed by atoms with E-state index in [4.69, 9.17) is 14.5 Å². The largest absolute Gasteiger partial charge is 0.459 e. The maximum Gasteiger partial charge on any atom is 0.408 e. The van der Waals surface area contributed by atoms with Gasteiger partial charge >= 0.3 is 16.3 Å². The van der Waals surface area contributed by atoms with Crippen molar-refractivity contribution in [2.45, 2.75) is 129 Å². The number of imidazole rings is 1. The van der Waals surface area contributed by atoms with Gasteiger partial charge in [-0.05, 0) is 78.4 Å². The standard InChI is InChI=1S/C39H56N6O9S/c1-9-31(46)27-17-15-19-29-33(27)41-36(45(29)24(2)3)53-26-20-30-32(47)22-39(35(49)42-55(51,52)43(7)8)21-25(39)16-13-11-10-12-14-18-28(34(48)44(30)23-26)40-37(50)54-38(4,5)6/h13,15-17,19,24-26,28,30H,9-12,14,18,20-23H2,1-8H3,(H,40,50)(H,42,49)/b16-13-/t25-,26-,28+,30+,39-/m1/s1. The van der Waals surface area contributed by atoms with E-state index in [1.807, 2.05) is 36.6 Å². The van der Waals surface area contributed by atoms with E-state index < -0.39 is 63.1 Å². The van der Waals surface area contributed by atoms with Crippen LogP contribution in [0.25, 0.3) is 11.0 Å². The summed E-state index contributed by atoms with van der Waals surface area (Å²) in [5, 5.41) is 2.75. The maximum atomic E-state index is 14.6. The van der Waals surface area contributed by atoms with Crippen molar-refractivity contribution in [2.75, 3.05) is 20.6 Å². The molecule has 302 valence electrons. The number of para-hydroxylation sites is 1. The van der Waals surface area contributed by atoms with Crippen LogP contribution in [0.2, 0.25) is 0 Å². The zero-order chi connectivity index (χ0) is 40.5. The first-order valence-corrected chi connectivity index (χ1v) is 20.7. The summed E-state index contributed by atoms with van der Waals surface area (Å²) in [6.45, 7) is 10.9. The van der Waals surface area contributed by atoms with Crippen LogP contribution >= 0.6 is 0 Å². The fourth-order valence-corrected chi connectivity index (χ4v) is 8.12. The number of aromatic nitrogens is 2. The highest BCUT2D eigenvalue weighted by molar-refractivity contribution is 7.87. The zero-order valence-corrected chi connectivity index (χ0v) is 34.0. The molecule has 55 heavy (non-hydrogen) atoms. The number of nitrogens with zero attached hydrogens (tertiary/aromatic N) is 4. The van der Waals surface area contributed by atoms with Crippen LogP contribution in [0.5, 0.6) is 6.01 Å². The Labute approximate surface area is 323 Å². The summed E-state index contributed by atoms with van der Waals surface area (Å²) in [5.41, 5.74) is -0.471. The number of benzene rings is 1. The third-order valence-electron chi connectivity index (χ3n) is 10.5. The molecule has 16 heteroatoms. The number of nitrogens with one attached hydrogen (secondary N) is 2. The SMILES string of the molecule is CCC(=O)c1cccc2c1nc(O[C@@H]1C[C@H]3C(=O)C[C@]4(C(=O)NS(=O)(=O)N(C)C)C[C@H]4/C=C\CCCCC[C@H](NC(=O)OC(C)(C)C)C(=O)N3C1)n2C(C)C. The fourth-order valence-electron chi connectivity index (χ4n) is 7.50. The monoisotopic (exact) mass is 784 g/mol. The van der Waals surface area contributed by atoms with Crippen LogP contribution in [-0.4, -0.2) is 101 Å². The van der Waals surface area contributed by atoms with E-state index in [0.29, 0.717) is 42.3 Å².